The van der Waals surface area contributed by atoms with E-state index in [4.69, 9.17) is 0 Å². The second-order valence-electron chi connectivity index (χ2n) is 6.56. The van der Waals surface area contributed by atoms with Crippen LogP contribution in [0.1, 0.15) is 45.4 Å². The van der Waals surface area contributed by atoms with Crippen molar-refractivity contribution in [2.24, 2.45) is 0 Å². The molecule has 1 saturated heterocycles. The van der Waals surface area contributed by atoms with Gasteiger partial charge in [0.25, 0.3) is 0 Å². The Morgan fingerprint density at radius 3 is 2.61 bits per heavy atom. The maximum Gasteiger partial charge on any atom is 0.0309 e. The molecule has 106 valence electrons. The SMILES string of the molecule is CCC1CNC2(CCCC2)CN1CCCN(C)C. The van der Waals surface area contributed by atoms with Gasteiger partial charge in [-0.2, -0.15) is 0 Å². The molecule has 1 aliphatic heterocycles. The van der Waals surface area contributed by atoms with Crippen LogP contribution in [0.4, 0.5) is 0 Å². The van der Waals surface area contributed by atoms with E-state index >= 15 is 0 Å². The molecule has 1 heterocycles. The maximum atomic E-state index is 3.87. The van der Waals surface area contributed by atoms with Crippen molar-refractivity contribution in [3.8, 4) is 0 Å². The standard InChI is InChI=1S/C15H31N3/c1-4-14-12-16-15(8-5-6-9-15)13-18(14)11-7-10-17(2)3/h14,16H,4-13H2,1-3H3. The fourth-order valence-corrected chi connectivity index (χ4v) is 3.68. The molecule has 1 spiro atoms. The average Bonchev–Trinajstić information content (AvgIpc) is 2.77. The number of rotatable bonds is 5. The van der Waals surface area contributed by atoms with Gasteiger partial charge < -0.3 is 10.2 Å². The van der Waals surface area contributed by atoms with Crippen LogP contribution in [-0.2, 0) is 0 Å². The van der Waals surface area contributed by atoms with Crippen LogP contribution in [0.15, 0.2) is 0 Å². The summed E-state index contributed by atoms with van der Waals surface area (Å²) in [7, 11) is 4.35. The van der Waals surface area contributed by atoms with Gasteiger partial charge in [-0.3, -0.25) is 4.90 Å². The quantitative estimate of drug-likeness (QED) is 0.808. The zero-order valence-electron chi connectivity index (χ0n) is 12.5. The highest BCUT2D eigenvalue weighted by Gasteiger charge is 2.40. The van der Waals surface area contributed by atoms with Crippen molar-refractivity contribution in [2.45, 2.75) is 57.0 Å². The Morgan fingerprint density at radius 2 is 2.00 bits per heavy atom. The Hall–Kier alpha value is -0.120. The van der Waals surface area contributed by atoms with Gasteiger partial charge in [0, 0.05) is 24.7 Å². The minimum Gasteiger partial charge on any atom is -0.309 e. The lowest BCUT2D eigenvalue weighted by atomic mass is 9.91. The van der Waals surface area contributed by atoms with E-state index in [1.54, 1.807) is 0 Å². The zero-order chi connectivity index (χ0) is 13.0. The summed E-state index contributed by atoms with van der Waals surface area (Å²) < 4.78 is 0. The third-order valence-corrected chi connectivity index (χ3v) is 4.82. The summed E-state index contributed by atoms with van der Waals surface area (Å²) in [6.07, 6.45) is 8.23. The van der Waals surface area contributed by atoms with E-state index in [2.05, 4.69) is 36.1 Å². The van der Waals surface area contributed by atoms with Crippen LogP contribution in [0.25, 0.3) is 0 Å². The molecule has 1 aliphatic carbocycles. The van der Waals surface area contributed by atoms with Crippen molar-refractivity contribution in [3.05, 3.63) is 0 Å². The van der Waals surface area contributed by atoms with E-state index in [1.807, 2.05) is 0 Å². The van der Waals surface area contributed by atoms with Gasteiger partial charge in [0.15, 0.2) is 0 Å². The Kier molecular flexibility index (Phi) is 5.05. The number of nitrogens with zero attached hydrogens (tertiary/aromatic N) is 2. The van der Waals surface area contributed by atoms with Crippen molar-refractivity contribution in [2.75, 3.05) is 40.3 Å². The van der Waals surface area contributed by atoms with Crippen LogP contribution in [0.3, 0.4) is 0 Å². The van der Waals surface area contributed by atoms with E-state index < -0.39 is 0 Å². The number of hydrogen-bond donors (Lipinski definition) is 1. The summed E-state index contributed by atoms with van der Waals surface area (Å²) >= 11 is 0. The summed E-state index contributed by atoms with van der Waals surface area (Å²) in [4.78, 5) is 5.07. The summed E-state index contributed by atoms with van der Waals surface area (Å²) in [5, 5.41) is 3.87. The lowest BCUT2D eigenvalue weighted by Gasteiger charge is -2.46. The highest BCUT2D eigenvalue weighted by molar-refractivity contribution is 5.00. The van der Waals surface area contributed by atoms with E-state index in [1.165, 1.54) is 64.7 Å². The molecule has 1 saturated carbocycles. The van der Waals surface area contributed by atoms with Crippen molar-refractivity contribution in [1.29, 1.82) is 0 Å². The van der Waals surface area contributed by atoms with Gasteiger partial charge in [-0.15, -0.1) is 0 Å². The Labute approximate surface area is 113 Å². The van der Waals surface area contributed by atoms with Crippen LogP contribution < -0.4 is 5.32 Å². The molecule has 2 fully saturated rings. The molecule has 0 amide bonds. The molecule has 0 bridgehead atoms. The summed E-state index contributed by atoms with van der Waals surface area (Å²) in [6, 6.07) is 0.762. The van der Waals surface area contributed by atoms with Crippen LogP contribution >= 0.6 is 0 Å². The van der Waals surface area contributed by atoms with Gasteiger partial charge in [-0.05, 0) is 52.9 Å². The Balaban J connectivity index is 1.86. The van der Waals surface area contributed by atoms with E-state index in [-0.39, 0.29) is 0 Å². The smallest absolute Gasteiger partial charge is 0.0309 e. The second kappa shape index (κ2) is 6.36. The topological polar surface area (TPSA) is 18.5 Å². The molecular weight excluding hydrogens is 222 g/mol. The number of piperazine rings is 1. The van der Waals surface area contributed by atoms with Crippen LogP contribution in [-0.4, -0.2) is 61.7 Å². The highest BCUT2D eigenvalue weighted by atomic mass is 15.3. The van der Waals surface area contributed by atoms with Gasteiger partial charge >= 0.3 is 0 Å². The molecule has 3 heteroatoms. The van der Waals surface area contributed by atoms with Gasteiger partial charge in [-0.1, -0.05) is 19.8 Å². The lowest BCUT2D eigenvalue weighted by molar-refractivity contribution is 0.0755. The molecule has 1 atom stereocenters. The Bertz CT molecular complexity index is 246. The summed E-state index contributed by atoms with van der Waals surface area (Å²) in [6.45, 7) is 7.32. The van der Waals surface area contributed by atoms with E-state index in [9.17, 15) is 0 Å². The first kappa shape index (κ1) is 14.3. The molecule has 1 N–H and O–H groups in total. The first-order chi connectivity index (χ1) is 8.65. The maximum absolute atomic E-state index is 3.87. The monoisotopic (exact) mass is 253 g/mol. The van der Waals surface area contributed by atoms with Gasteiger partial charge in [0.2, 0.25) is 0 Å². The van der Waals surface area contributed by atoms with Crippen molar-refractivity contribution in [3.63, 3.8) is 0 Å². The van der Waals surface area contributed by atoms with E-state index in [0.29, 0.717) is 5.54 Å². The molecule has 0 radical (unpaired) electrons. The summed E-state index contributed by atoms with van der Waals surface area (Å²) in [5.74, 6) is 0. The van der Waals surface area contributed by atoms with Gasteiger partial charge in [0.1, 0.15) is 0 Å². The van der Waals surface area contributed by atoms with Crippen LogP contribution in [0, 0.1) is 0 Å². The largest absolute Gasteiger partial charge is 0.309 e. The number of hydrogen-bond acceptors (Lipinski definition) is 3. The minimum absolute atomic E-state index is 0.476. The first-order valence-corrected chi connectivity index (χ1v) is 7.79. The zero-order valence-corrected chi connectivity index (χ0v) is 12.5. The second-order valence-corrected chi connectivity index (χ2v) is 6.56. The predicted octanol–water partition coefficient (Wildman–Crippen LogP) is 1.93. The third kappa shape index (κ3) is 3.46. The molecule has 2 aliphatic rings. The van der Waals surface area contributed by atoms with Crippen molar-refractivity contribution in [1.82, 2.24) is 15.1 Å². The molecule has 0 aromatic carbocycles. The van der Waals surface area contributed by atoms with Crippen LogP contribution in [0.5, 0.6) is 0 Å². The predicted molar refractivity (Wildman–Crippen MR) is 78.0 cm³/mol. The minimum atomic E-state index is 0.476. The van der Waals surface area contributed by atoms with Crippen LogP contribution in [0.2, 0.25) is 0 Å². The Morgan fingerprint density at radius 1 is 1.28 bits per heavy atom. The van der Waals surface area contributed by atoms with Crippen molar-refractivity contribution >= 4 is 0 Å². The first-order valence-electron chi connectivity index (χ1n) is 7.79. The molecule has 0 aromatic heterocycles. The molecular formula is C15H31N3. The highest BCUT2D eigenvalue weighted by Crippen LogP contribution is 2.33. The molecule has 3 nitrogen and oxygen atoms in total. The van der Waals surface area contributed by atoms with Gasteiger partial charge in [-0.25, -0.2) is 0 Å². The lowest BCUT2D eigenvalue weighted by Crippen LogP contribution is -2.63. The summed E-state index contributed by atoms with van der Waals surface area (Å²) in [5.41, 5.74) is 0.476. The molecule has 18 heavy (non-hydrogen) atoms. The average molecular weight is 253 g/mol. The van der Waals surface area contributed by atoms with Crippen molar-refractivity contribution < 1.29 is 0 Å². The van der Waals surface area contributed by atoms with Gasteiger partial charge in [0.05, 0.1) is 0 Å². The normalized spacial score (nSPS) is 28.3. The molecule has 0 aromatic rings. The fraction of sp³-hybridized carbons (Fsp3) is 1.00. The molecule has 2 rings (SSSR count). The fourth-order valence-electron chi connectivity index (χ4n) is 3.68. The molecule has 1 unspecified atom stereocenters. The third-order valence-electron chi connectivity index (χ3n) is 4.82. The van der Waals surface area contributed by atoms with E-state index in [0.717, 1.165) is 6.04 Å². The number of nitrogens with one attached hydrogen (secondary N) is 1.